The number of nitrogens with zero attached hydrogens (tertiary/aromatic N) is 4. The molecular formula is C44H26N4O. The molecule has 4 heterocycles. The van der Waals surface area contributed by atoms with E-state index >= 15 is 0 Å². The minimum absolute atomic E-state index is 0.611. The van der Waals surface area contributed by atoms with Crippen LogP contribution in [0.4, 0.5) is 0 Å². The Morgan fingerprint density at radius 2 is 1.00 bits per heavy atom. The summed E-state index contributed by atoms with van der Waals surface area (Å²) in [6.45, 7) is 0. The Hall–Kier alpha value is -6.72. The average molecular weight is 627 g/mol. The molecule has 5 heteroatoms. The zero-order valence-corrected chi connectivity index (χ0v) is 26.2. The van der Waals surface area contributed by atoms with E-state index in [1.807, 2.05) is 18.2 Å². The summed E-state index contributed by atoms with van der Waals surface area (Å²) in [6, 6.07) is 55.3. The SMILES string of the molecule is c1ccc(-c2nc(-n3c4ccccc4c4c5c6ccccc6n(-c6ccccc6)c5ccc43)nc3c2oc2c4ccccc4ccc32)cc1. The van der Waals surface area contributed by atoms with Crippen molar-refractivity contribution in [3.8, 4) is 22.9 Å². The van der Waals surface area contributed by atoms with Crippen LogP contribution in [0.15, 0.2) is 162 Å². The van der Waals surface area contributed by atoms with Crippen LogP contribution in [-0.4, -0.2) is 19.1 Å². The molecular weight excluding hydrogens is 601 g/mol. The van der Waals surface area contributed by atoms with Crippen molar-refractivity contribution in [2.24, 2.45) is 0 Å². The Morgan fingerprint density at radius 3 is 1.73 bits per heavy atom. The van der Waals surface area contributed by atoms with Crippen LogP contribution in [-0.2, 0) is 0 Å². The van der Waals surface area contributed by atoms with Gasteiger partial charge in [-0.15, -0.1) is 0 Å². The van der Waals surface area contributed by atoms with E-state index in [1.54, 1.807) is 0 Å². The lowest BCUT2D eigenvalue weighted by atomic mass is 10.1. The van der Waals surface area contributed by atoms with Crippen molar-refractivity contribution in [2.45, 2.75) is 0 Å². The van der Waals surface area contributed by atoms with Gasteiger partial charge >= 0.3 is 0 Å². The second-order valence-electron chi connectivity index (χ2n) is 12.6. The van der Waals surface area contributed by atoms with Crippen molar-refractivity contribution in [1.82, 2.24) is 19.1 Å². The molecule has 49 heavy (non-hydrogen) atoms. The lowest BCUT2D eigenvalue weighted by Gasteiger charge is -2.10. The van der Waals surface area contributed by atoms with Gasteiger partial charge in [0.2, 0.25) is 5.95 Å². The molecule has 0 aliphatic rings. The molecule has 0 atom stereocenters. The number of para-hydroxylation sites is 3. The molecule has 0 fully saturated rings. The first kappa shape index (κ1) is 26.4. The third-order valence-electron chi connectivity index (χ3n) is 9.93. The summed E-state index contributed by atoms with van der Waals surface area (Å²) in [6.07, 6.45) is 0. The summed E-state index contributed by atoms with van der Waals surface area (Å²) in [5.41, 5.74) is 9.66. The summed E-state index contributed by atoms with van der Waals surface area (Å²) in [4.78, 5) is 10.7. The van der Waals surface area contributed by atoms with Crippen molar-refractivity contribution >= 4 is 76.5 Å². The van der Waals surface area contributed by atoms with Gasteiger partial charge in [0, 0.05) is 43.6 Å². The fourth-order valence-electron chi connectivity index (χ4n) is 7.84. The van der Waals surface area contributed by atoms with E-state index in [1.165, 1.54) is 21.7 Å². The van der Waals surface area contributed by atoms with Crippen molar-refractivity contribution < 1.29 is 4.42 Å². The molecule has 0 saturated heterocycles. The fourth-order valence-corrected chi connectivity index (χ4v) is 7.84. The van der Waals surface area contributed by atoms with Gasteiger partial charge in [-0.05, 0) is 47.9 Å². The Bertz CT molecular complexity index is 3100. The third kappa shape index (κ3) is 3.64. The summed E-state index contributed by atoms with van der Waals surface area (Å²) < 4.78 is 11.3. The standard InChI is InChI=1S/C44H26N4O/c1-3-14-28(15-4-1)40-43-41(33-24-23-27-13-7-8-18-30(27)42(33)49-43)46-44(45-40)48-35-22-12-10-20-32(35)39-37(48)26-25-36-38(39)31-19-9-11-21-34(31)47(36)29-16-5-2-6-17-29/h1-26H. The summed E-state index contributed by atoms with van der Waals surface area (Å²) in [5.74, 6) is 0.611. The number of aromatic nitrogens is 4. The molecule has 0 bridgehead atoms. The minimum atomic E-state index is 0.611. The topological polar surface area (TPSA) is 48.8 Å². The molecule has 0 radical (unpaired) electrons. The number of fused-ring (bicyclic) bond motifs is 12. The first-order chi connectivity index (χ1) is 24.3. The molecule has 0 amide bonds. The molecule has 0 unspecified atom stereocenters. The Morgan fingerprint density at radius 1 is 0.408 bits per heavy atom. The molecule has 11 aromatic rings. The fraction of sp³-hybridized carbons (Fsp3) is 0. The molecule has 0 saturated carbocycles. The average Bonchev–Trinajstić information content (AvgIpc) is 3.83. The Balaban J connectivity index is 1.29. The lowest BCUT2D eigenvalue weighted by Crippen LogP contribution is -2.02. The number of hydrogen-bond acceptors (Lipinski definition) is 3. The van der Waals surface area contributed by atoms with Gasteiger partial charge in [0.15, 0.2) is 5.58 Å². The van der Waals surface area contributed by atoms with Crippen LogP contribution in [0, 0.1) is 0 Å². The van der Waals surface area contributed by atoms with E-state index in [2.05, 4.69) is 149 Å². The number of hydrogen-bond donors (Lipinski definition) is 0. The van der Waals surface area contributed by atoms with Gasteiger partial charge in [-0.3, -0.25) is 4.57 Å². The van der Waals surface area contributed by atoms with Crippen molar-refractivity contribution in [3.63, 3.8) is 0 Å². The van der Waals surface area contributed by atoms with Crippen molar-refractivity contribution in [2.75, 3.05) is 0 Å². The zero-order valence-electron chi connectivity index (χ0n) is 26.2. The number of rotatable bonds is 3. The van der Waals surface area contributed by atoms with Crippen LogP contribution in [0.25, 0.3) is 99.3 Å². The maximum absolute atomic E-state index is 6.71. The van der Waals surface area contributed by atoms with Crippen LogP contribution < -0.4 is 0 Å². The van der Waals surface area contributed by atoms with Crippen LogP contribution in [0.3, 0.4) is 0 Å². The Labute approximate surface area is 279 Å². The van der Waals surface area contributed by atoms with Crippen LogP contribution in [0.1, 0.15) is 0 Å². The van der Waals surface area contributed by atoms with E-state index in [0.717, 1.165) is 66.1 Å². The van der Waals surface area contributed by atoms with Gasteiger partial charge in [-0.2, -0.15) is 0 Å². The highest BCUT2D eigenvalue weighted by molar-refractivity contribution is 6.29. The van der Waals surface area contributed by atoms with Crippen LogP contribution in [0.2, 0.25) is 0 Å². The highest BCUT2D eigenvalue weighted by Gasteiger charge is 2.24. The van der Waals surface area contributed by atoms with Crippen LogP contribution >= 0.6 is 0 Å². The summed E-state index contributed by atoms with van der Waals surface area (Å²) in [7, 11) is 0. The maximum atomic E-state index is 6.71. The Kier molecular flexibility index (Phi) is 5.32. The largest absolute Gasteiger partial charge is 0.451 e. The summed E-state index contributed by atoms with van der Waals surface area (Å²) >= 11 is 0. The van der Waals surface area contributed by atoms with Crippen molar-refractivity contribution in [3.05, 3.63) is 158 Å². The van der Waals surface area contributed by atoms with Crippen molar-refractivity contribution in [1.29, 1.82) is 0 Å². The molecule has 0 spiro atoms. The molecule has 228 valence electrons. The molecule has 5 nitrogen and oxygen atoms in total. The predicted molar refractivity (Wildman–Crippen MR) is 201 cm³/mol. The summed E-state index contributed by atoms with van der Waals surface area (Å²) in [5, 5.41) is 7.94. The van der Waals surface area contributed by atoms with E-state index in [4.69, 9.17) is 14.4 Å². The zero-order chi connectivity index (χ0) is 32.1. The smallest absolute Gasteiger partial charge is 0.236 e. The van der Waals surface area contributed by atoms with Gasteiger partial charge in [0.1, 0.15) is 16.8 Å². The van der Waals surface area contributed by atoms with Gasteiger partial charge in [0.05, 0.1) is 22.1 Å². The van der Waals surface area contributed by atoms with Gasteiger partial charge in [0.25, 0.3) is 0 Å². The maximum Gasteiger partial charge on any atom is 0.236 e. The number of benzene rings is 7. The molecule has 0 aliphatic carbocycles. The molecule has 11 rings (SSSR count). The molecule has 7 aromatic carbocycles. The van der Waals surface area contributed by atoms with Crippen LogP contribution in [0.5, 0.6) is 0 Å². The second-order valence-corrected chi connectivity index (χ2v) is 12.6. The lowest BCUT2D eigenvalue weighted by molar-refractivity contribution is 0.670. The monoisotopic (exact) mass is 626 g/mol. The highest BCUT2D eigenvalue weighted by atomic mass is 16.3. The number of furan rings is 1. The van der Waals surface area contributed by atoms with Gasteiger partial charge in [-0.1, -0.05) is 115 Å². The van der Waals surface area contributed by atoms with E-state index in [0.29, 0.717) is 11.5 Å². The normalized spacial score (nSPS) is 12.1. The molecule has 4 aromatic heterocycles. The predicted octanol–water partition coefficient (Wildman–Crippen LogP) is 11.4. The van der Waals surface area contributed by atoms with E-state index < -0.39 is 0 Å². The molecule has 0 N–H and O–H groups in total. The second kappa shape index (κ2) is 9.89. The first-order valence-electron chi connectivity index (χ1n) is 16.5. The highest BCUT2D eigenvalue weighted by Crippen LogP contribution is 2.43. The quantitative estimate of drug-likeness (QED) is 0.196. The minimum Gasteiger partial charge on any atom is -0.451 e. The van der Waals surface area contributed by atoms with E-state index in [9.17, 15) is 0 Å². The van der Waals surface area contributed by atoms with Gasteiger partial charge in [-0.25, -0.2) is 9.97 Å². The van der Waals surface area contributed by atoms with E-state index in [-0.39, 0.29) is 0 Å². The van der Waals surface area contributed by atoms with Gasteiger partial charge < -0.3 is 8.98 Å². The third-order valence-corrected chi connectivity index (χ3v) is 9.93. The first-order valence-corrected chi connectivity index (χ1v) is 16.5. The molecule has 0 aliphatic heterocycles.